The molecule has 2 heterocycles. The zero-order chi connectivity index (χ0) is 22.3. The third kappa shape index (κ3) is 6.38. The van der Waals surface area contributed by atoms with Gasteiger partial charge in [-0.15, -0.1) is 23.7 Å². The van der Waals surface area contributed by atoms with E-state index in [1.54, 1.807) is 23.5 Å². The monoisotopic (exact) mass is 483 g/mol. The minimum Gasteiger partial charge on any atom is -0.300 e. The van der Waals surface area contributed by atoms with Crippen molar-refractivity contribution in [3.8, 4) is 0 Å². The number of nitrogens with zero attached hydrogens (tertiary/aromatic N) is 3. The standard InChI is InChI=1S/C25H25N3O3S.ClH/c29-18-21(24-19-32-25-6-2-1-5-23(24)25)11-13-27-16-14-26(15-17-27)12-3-4-20-7-9-22(10-8-20)28(30)31;/h1-10,19H,11-17H2;1H. The van der Waals surface area contributed by atoms with Crippen molar-refractivity contribution in [1.82, 2.24) is 9.80 Å². The molecule has 0 radical (unpaired) electrons. The Morgan fingerprint density at radius 3 is 2.45 bits per heavy atom. The Morgan fingerprint density at radius 2 is 1.76 bits per heavy atom. The number of hydrogen-bond donors (Lipinski definition) is 0. The molecule has 1 saturated heterocycles. The number of hydrogen-bond acceptors (Lipinski definition) is 6. The molecule has 1 fully saturated rings. The number of fused-ring (bicyclic) bond motifs is 1. The first-order chi connectivity index (χ1) is 15.6. The highest BCUT2D eigenvalue weighted by atomic mass is 35.5. The van der Waals surface area contributed by atoms with Crippen LogP contribution in [0, 0.1) is 10.1 Å². The molecule has 4 rings (SSSR count). The SMILES string of the molecule is Cl.O=C=C(CCN1CCN(CC=Cc2ccc([N+](=O)[O-])cc2)CC1)c1csc2ccccc12. The van der Waals surface area contributed by atoms with Crippen molar-refractivity contribution in [2.45, 2.75) is 6.42 Å². The number of nitro groups is 1. The number of non-ortho nitro benzene ring substituents is 1. The highest BCUT2D eigenvalue weighted by molar-refractivity contribution is 7.17. The first kappa shape index (κ1) is 24.8. The van der Waals surface area contributed by atoms with Crippen LogP contribution >= 0.6 is 23.7 Å². The van der Waals surface area contributed by atoms with Gasteiger partial charge in [-0.2, -0.15) is 0 Å². The molecule has 0 aliphatic carbocycles. The number of carbonyl (C=O) groups excluding carboxylic acids is 1. The Morgan fingerprint density at radius 1 is 1.06 bits per heavy atom. The van der Waals surface area contributed by atoms with Crippen LogP contribution in [-0.4, -0.2) is 59.9 Å². The molecule has 0 saturated carbocycles. The predicted octanol–water partition coefficient (Wildman–Crippen LogP) is 5.17. The Hall–Kier alpha value is -2.80. The van der Waals surface area contributed by atoms with Gasteiger partial charge in [0.15, 0.2) is 0 Å². The lowest BCUT2D eigenvalue weighted by Crippen LogP contribution is -2.46. The molecule has 0 amide bonds. The molecular weight excluding hydrogens is 458 g/mol. The second kappa shape index (κ2) is 11.9. The second-order valence-electron chi connectivity index (χ2n) is 7.87. The van der Waals surface area contributed by atoms with Gasteiger partial charge >= 0.3 is 0 Å². The van der Waals surface area contributed by atoms with Gasteiger partial charge < -0.3 is 4.90 Å². The number of piperazine rings is 1. The van der Waals surface area contributed by atoms with Crippen LogP contribution in [0.25, 0.3) is 21.7 Å². The summed E-state index contributed by atoms with van der Waals surface area (Å²) in [5.74, 6) is 2.19. The fourth-order valence-corrected chi connectivity index (χ4v) is 4.94. The van der Waals surface area contributed by atoms with E-state index >= 15 is 0 Å². The van der Waals surface area contributed by atoms with Crippen LogP contribution in [0.2, 0.25) is 0 Å². The molecule has 1 aliphatic rings. The van der Waals surface area contributed by atoms with Gasteiger partial charge in [-0.25, -0.2) is 4.79 Å². The van der Waals surface area contributed by atoms with Crippen LogP contribution in [0.1, 0.15) is 17.5 Å². The average molecular weight is 484 g/mol. The molecule has 3 aromatic rings. The van der Waals surface area contributed by atoms with E-state index in [1.165, 1.54) is 16.8 Å². The lowest BCUT2D eigenvalue weighted by molar-refractivity contribution is -0.384. The normalized spacial score (nSPS) is 14.8. The molecule has 0 N–H and O–H groups in total. The molecule has 2 aromatic carbocycles. The van der Waals surface area contributed by atoms with Crippen LogP contribution in [0.15, 0.2) is 60.0 Å². The zero-order valence-electron chi connectivity index (χ0n) is 18.2. The Balaban J connectivity index is 0.00000306. The molecule has 0 spiro atoms. The van der Waals surface area contributed by atoms with E-state index in [4.69, 9.17) is 0 Å². The summed E-state index contributed by atoms with van der Waals surface area (Å²) >= 11 is 1.67. The number of nitro benzene ring substituents is 1. The molecule has 0 atom stereocenters. The Labute approximate surface area is 203 Å². The fourth-order valence-electron chi connectivity index (χ4n) is 3.96. The Kier molecular flexibility index (Phi) is 8.95. The van der Waals surface area contributed by atoms with E-state index in [0.717, 1.165) is 61.4 Å². The molecule has 1 aliphatic heterocycles. The molecule has 33 heavy (non-hydrogen) atoms. The van der Waals surface area contributed by atoms with Crippen molar-refractivity contribution < 1.29 is 9.72 Å². The largest absolute Gasteiger partial charge is 0.300 e. The summed E-state index contributed by atoms with van der Waals surface area (Å²) in [6, 6.07) is 14.8. The summed E-state index contributed by atoms with van der Waals surface area (Å²) in [5, 5.41) is 13.9. The van der Waals surface area contributed by atoms with E-state index in [9.17, 15) is 14.9 Å². The number of halogens is 1. The van der Waals surface area contributed by atoms with E-state index in [2.05, 4.69) is 39.3 Å². The quantitative estimate of drug-likeness (QED) is 0.251. The van der Waals surface area contributed by atoms with Crippen molar-refractivity contribution in [2.75, 3.05) is 39.3 Å². The van der Waals surface area contributed by atoms with Gasteiger partial charge in [0, 0.05) is 78.0 Å². The average Bonchev–Trinajstić information content (AvgIpc) is 3.25. The van der Waals surface area contributed by atoms with E-state index < -0.39 is 0 Å². The third-order valence-electron chi connectivity index (χ3n) is 5.85. The van der Waals surface area contributed by atoms with E-state index in [-0.39, 0.29) is 23.0 Å². The summed E-state index contributed by atoms with van der Waals surface area (Å²) in [7, 11) is 0. The smallest absolute Gasteiger partial charge is 0.269 e. The lowest BCUT2D eigenvalue weighted by Gasteiger charge is -2.34. The summed E-state index contributed by atoms with van der Waals surface area (Å²) in [4.78, 5) is 26.8. The highest BCUT2D eigenvalue weighted by Crippen LogP contribution is 2.31. The van der Waals surface area contributed by atoms with Crippen molar-refractivity contribution >= 4 is 57.1 Å². The van der Waals surface area contributed by atoms with Gasteiger partial charge in [-0.05, 0) is 30.2 Å². The van der Waals surface area contributed by atoms with Crippen LogP contribution in [-0.2, 0) is 4.79 Å². The van der Waals surface area contributed by atoms with Gasteiger partial charge in [-0.3, -0.25) is 15.0 Å². The van der Waals surface area contributed by atoms with Gasteiger partial charge in [0.25, 0.3) is 5.69 Å². The van der Waals surface area contributed by atoms with Gasteiger partial charge in [0.2, 0.25) is 0 Å². The third-order valence-corrected chi connectivity index (χ3v) is 6.81. The zero-order valence-corrected chi connectivity index (χ0v) is 19.8. The lowest BCUT2D eigenvalue weighted by atomic mass is 10.0. The summed E-state index contributed by atoms with van der Waals surface area (Å²) < 4.78 is 1.20. The van der Waals surface area contributed by atoms with Gasteiger partial charge in [0.1, 0.15) is 5.94 Å². The molecule has 172 valence electrons. The molecule has 8 heteroatoms. The number of thiophene rings is 1. The van der Waals surface area contributed by atoms with Gasteiger partial charge in [0.05, 0.1) is 4.92 Å². The summed E-state index contributed by atoms with van der Waals surface area (Å²) in [6.45, 7) is 5.62. The van der Waals surface area contributed by atoms with Crippen molar-refractivity contribution in [3.63, 3.8) is 0 Å². The van der Waals surface area contributed by atoms with Crippen molar-refractivity contribution in [2.24, 2.45) is 0 Å². The van der Waals surface area contributed by atoms with Crippen molar-refractivity contribution in [3.05, 3.63) is 81.2 Å². The Bertz CT molecular complexity index is 1160. The number of rotatable bonds is 8. The summed E-state index contributed by atoms with van der Waals surface area (Å²) in [6.07, 6.45) is 4.82. The first-order valence-electron chi connectivity index (χ1n) is 10.7. The topological polar surface area (TPSA) is 66.7 Å². The minimum absolute atomic E-state index is 0. The van der Waals surface area contributed by atoms with Crippen LogP contribution in [0.5, 0.6) is 0 Å². The maximum atomic E-state index is 11.6. The number of benzene rings is 2. The molecule has 6 nitrogen and oxygen atoms in total. The first-order valence-corrected chi connectivity index (χ1v) is 11.6. The summed E-state index contributed by atoms with van der Waals surface area (Å²) in [5.41, 5.74) is 2.85. The highest BCUT2D eigenvalue weighted by Gasteiger charge is 2.17. The maximum Gasteiger partial charge on any atom is 0.269 e. The van der Waals surface area contributed by atoms with Crippen LogP contribution in [0.4, 0.5) is 5.69 Å². The molecule has 1 aromatic heterocycles. The minimum atomic E-state index is -0.386. The molecule has 0 bridgehead atoms. The van der Waals surface area contributed by atoms with Crippen molar-refractivity contribution in [1.29, 1.82) is 0 Å². The van der Waals surface area contributed by atoms with Gasteiger partial charge in [-0.1, -0.05) is 30.4 Å². The molecule has 0 unspecified atom stereocenters. The van der Waals surface area contributed by atoms with Crippen LogP contribution in [0.3, 0.4) is 0 Å². The fraction of sp³-hybridized carbons (Fsp3) is 0.280. The second-order valence-corrected chi connectivity index (χ2v) is 8.78. The van der Waals surface area contributed by atoms with E-state index in [1.807, 2.05) is 18.2 Å². The molecular formula is C25H26ClN3O3S. The van der Waals surface area contributed by atoms with Crippen LogP contribution < -0.4 is 0 Å². The van der Waals surface area contributed by atoms with E-state index in [0.29, 0.717) is 6.42 Å². The maximum absolute atomic E-state index is 11.6. The predicted molar refractivity (Wildman–Crippen MR) is 138 cm³/mol.